The van der Waals surface area contributed by atoms with E-state index in [9.17, 15) is 9.59 Å². The Kier molecular flexibility index (Phi) is 4.18. The number of hydrogen-bond acceptors (Lipinski definition) is 4. The Morgan fingerprint density at radius 2 is 2.10 bits per heavy atom. The number of aliphatic carboxylic acids is 1. The van der Waals surface area contributed by atoms with Crippen molar-refractivity contribution in [3.05, 3.63) is 24.3 Å². The highest BCUT2D eigenvalue weighted by Crippen LogP contribution is 2.34. The van der Waals surface area contributed by atoms with E-state index in [2.05, 4.69) is 0 Å². The fourth-order valence-electron chi connectivity index (χ4n) is 2.13. The molecule has 0 saturated heterocycles. The number of nitrogens with zero attached hydrogens (tertiary/aromatic N) is 1. The Bertz CT molecular complexity index is 555. The maximum atomic E-state index is 12.5. The molecule has 1 unspecified atom stereocenters. The molecule has 21 heavy (non-hydrogen) atoms. The predicted molar refractivity (Wildman–Crippen MR) is 76.6 cm³/mol. The van der Waals surface area contributed by atoms with E-state index in [1.807, 2.05) is 13.8 Å². The van der Waals surface area contributed by atoms with Crippen molar-refractivity contribution in [2.75, 3.05) is 18.6 Å². The number of fused-ring (bicyclic) bond motifs is 1. The number of benzene rings is 1. The van der Waals surface area contributed by atoms with Crippen LogP contribution in [-0.2, 0) is 14.3 Å². The summed E-state index contributed by atoms with van der Waals surface area (Å²) in [5.41, 5.74) is -0.0184. The molecule has 1 aliphatic rings. The fraction of sp³-hybridized carbons (Fsp3) is 0.467. The molecule has 114 valence electrons. The quantitative estimate of drug-likeness (QED) is 0.914. The van der Waals surface area contributed by atoms with Crippen molar-refractivity contribution >= 4 is 17.6 Å². The van der Waals surface area contributed by atoms with Gasteiger partial charge in [-0.25, -0.2) is 4.79 Å². The highest BCUT2D eigenvalue weighted by atomic mass is 16.5. The van der Waals surface area contributed by atoms with Crippen LogP contribution in [0.15, 0.2) is 24.3 Å². The minimum Gasteiger partial charge on any atom is -0.478 e. The Morgan fingerprint density at radius 3 is 2.71 bits per heavy atom. The van der Waals surface area contributed by atoms with Crippen molar-refractivity contribution in [2.45, 2.75) is 32.0 Å². The van der Waals surface area contributed by atoms with Gasteiger partial charge >= 0.3 is 5.97 Å². The first-order valence-corrected chi connectivity index (χ1v) is 6.68. The SMILES string of the molecule is COC(C)(C)CC(=O)N1CC(C(=O)O)Oc2ccccc21. The van der Waals surface area contributed by atoms with Crippen LogP contribution in [0.3, 0.4) is 0 Å². The summed E-state index contributed by atoms with van der Waals surface area (Å²) in [7, 11) is 1.54. The molecule has 6 heteroatoms. The van der Waals surface area contributed by atoms with E-state index in [0.717, 1.165) is 0 Å². The first-order chi connectivity index (χ1) is 9.84. The van der Waals surface area contributed by atoms with E-state index in [1.54, 1.807) is 31.4 Å². The second kappa shape index (κ2) is 5.73. The summed E-state index contributed by atoms with van der Waals surface area (Å²) in [4.78, 5) is 25.1. The average molecular weight is 293 g/mol. The van der Waals surface area contributed by atoms with Gasteiger partial charge in [0.1, 0.15) is 5.75 Å². The number of carboxylic acid groups (broad SMARTS) is 1. The molecule has 0 saturated carbocycles. The highest BCUT2D eigenvalue weighted by Gasteiger charge is 2.35. The van der Waals surface area contributed by atoms with Gasteiger partial charge in [0.25, 0.3) is 0 Å². The molecular weight excluding hydrogens is 274 g/mol. The van der Waals surface area contributed by atoms with Crippen LogP contribution in [0.2, 0.25) is 0 Å². The lowest BCUT2D eigenvalue weighted by Crippen LogP contribution is -2.48. The van der Waals surface area contributed by atoms with Crippen molar-refractivity contribution in [2.24, 2.45) is 0 Å². The van der Waals surface area contributed by atoms with Gasteiger partial charge in [-0.05, 0) is 26.0 Å². The Hall–Kier alpha value is -2.08. The van der Waals surface area contributed by atoms with Gasteiger partial charge < -0.3 is 19.5 Å². The normalized spacial score (nSPS) is 17.9. The van der Waals surface area contributed by atoms with Gasteiger partial charge in [0.05, 0.1) is 24.3 Å². The van der Waals surface area contributed by atoms with Crippen LogP contribution < -0.4 is 9.64 Å². The highest BCUT2D eigenvalue weighted by molar-refractivity contribution is 5.97. The van der Waals surface area contributed by atoms with Crippen LogP contribution in [-0.4, -0.2) is 42.3 Å². The summed E-state index contributed by atoms with van der Waals surface area (Å²) in [6.45, 7) is 3.61. The molecule has 1 amide bonds. The van der Waals surface area contributed by atoms with Gasteiger partial charge in [0.2, 0.25) is 12.0 Å². The topological polar surface area (TPSA) is 76.1 Å². The molecule has 1 aliphatic heterocycles. The van der Waals surface area contributed by atoms with E-state index >= 15 is 0 Å². The van der Waals surface area contributed by atoms with Crippen LogP contribution in [0.1, 0.15) is 20.3 Å². The molecule has 0 spiro atoms. The molecule has 0 bridgehead atoms. The first-order valence-electron chi connectivity index (χ1n) is 6.68. The molecule has 0 aromatic heterocycles. The summed E-state index contributed by atoms with van der Waals surface area (Å²) in [5, 5.41) is 9.15. The van der Waals surface area contributed by atoms with Crippen molar-refractivity contribution in [1.82, 2.24) is 0 Å². The van der Waals surface area contributed by atoms with Gasteiger partial charge in [0.15, 0.2) is 0 Å². The molecule has 0 aliphatic carbocycles. The standard InChI is InChI=1S/C15H19NO5/c1-15(2,20-3)8-13(17)16-9-12(14(18)19)21-11-7-5-4-6-10(11)16/h4-7,12H,8-9H2,1-3H3,(H,18,19). The number of carbonyl (C=O) groups excluding carboxylic acids is 1. The number of anilines is 1. The van der Waals surface area contributed by atoms with Gasteiger partial charge in [-0.1, -0.05) is 12.1 Å². The van der Waals surface area contributed by atoms with Crippen LogP contribution in [0.5, 0.6) is 5.75 Å². The van der Waals surface area contributed by atoms with E-state index in [1.165, 1.54) is 4.90 Å². The molecule has 6 nitrogen and oxygen atoms in total. The smallest absolute Gasteiger partial charge is 0.346 e. The minimum absolute atomic E-state index is 0.00895. The monoisotopic (exact) mass is 293 g/mol. The number of ether oxygens (including phenoxy) is 2. The number of para-hydroxylation sites is 2. The lowest BCUT2D eigenvalue weighted by molar-refractivity contribution is -0.145. The number of rotatable bonds is 4. The van der Waals surface area contributed by atoms with Crippen molar-refractivity contribution in [3.63, 3.8) is 0 Å². The lowest BCUT2D eigenvalue weighted by atomic mass is 10.0. The van der Waals surface area contributed by atoms with E-state index in [0.29, 0.717) is 11.4 Å². The predicted octanol–water partition coefficient (Wildman–Crippen LogP) is 1.68. The second-order valence-electron chi connectivity index (χ2n) is 5.56. The molecule has 0 fully saturated rings. The molecule has 1 aromatic rings. The number of carboxylic acids is 1. The Labute approximate surface area is 123 Å². The number of methoxy groups -OCH3 is 1. The van der Waals surface area contributed by atoms with Crippen molar-refractivity contribution in [3.8, 4) is 5.75 Å². The third-order valence-corrected chi connectivity index (χ3v) is 3.48. The molecule has 1 atom stereocenters. The molecule has 0 radical (unpaired) electrons. The molecule has 1 heterocycles. The lowest BCUT2D eigenvalue weighted by Gasteiger charge is -2.34. The maximum Gasteiger partial charge on any atom is 0.346 e. The van der Waals surface area contributed by atoms with Gasteiger partial charge in [-0.2, -0.15) is 0 Å². The van der Waals surface area contributed by atoms with Crippen LogP contribution in [0.25, 0.3) is 0 Å². The zero-order chi connectivity index (χ0) is 15.6. The molecule has 1 N–H and O–H groups in total. The van der Waals surface area contributed by atoms with E-state index < -0.39 is 17.7 Å². The Morgan fingerprint density at radius 1 is 1.43 bits per heavy atom. The first kappa shape index (κ1) is 15.3. The van der Waals surface area contributed by atoms with E-state index in [-0.39, 0.29) is 18.9 Å². The van der Waals surface area contributed by atoms with Crippen molar-refractivity contribution < 1.29 is 24.2 Å². The summed E-state index contributed by atoms with van der Waals surface area (Å²) in [6.07, 6.45) is -0.904. The van der Waals surface area contributed by atoms with Crippen molar-refractivity contribution in [1.29, 1.82) is 0 Å². The second-order valence-corrected chi connectivity index (χ2v) is 5.56. The van der Waals surface area contributed by atoms with Crippen LogP contribution >= 0.6 is 0 Å². The summed E-state index contributed by atoms with van der Waals surface area (Å²) in [6, 6.07) is 6.92. The number of amides is 1. The average Bonchev–Trinajstić information content (AvgIpc) is 2.45. The van der Waals surface area contributed by atoms with Gasteiger partial charge in [-0.15, -0.1) is 0 Å². The number of carbonyl (C=O) groups is 2. The van der Waals surface area contributed by atoms with Gasteiger partial charge in [0, 0.05) is 7.11 Å². The minimum atomic E-state index is -1.09. The summed E-state index contributed by atoms with van der Waals surface area (Å²) in [5.74, 6) is -0.878. The van der Waals surface area contributed by atoms with Gasteiger partial charge in [-0.3, -0.25) is 4.79 Å². The largest absolute Gasteiger partial charge is 0.478 e. The number of hydrogen-bond donors (Lipinski definition) is 1. The third kappa shape index (κ3) is 3.33. The molecule has 1 aromatic carbocycles. The zero-order valence-electron chi connectivity index (χ0n) is 12.3. The molecular formula is C15H19NO5. The van der Waals surface area contributed by atoms with Crippen LogP contribution in [0, 0.1) is 0 Å². The maximum absolute atomic E-state index is 12.5. The fourth-order valence-corrected chi connectivity index (χ4v) is 2.13. The molecule has 2 rings (SSSR count). The third-order valence-electron chi connectivity index (χ3n) is 3.48. The van der Waals surface area contributed by atoms with Crippen LogP contribution in [0.4, 0.5) is 5.69 Å². The zero-order valence-corrected chi connectivity index (χ0v) is 12.3. The van der Waals surface area contributed by atoms with E-state index in [4.69, 9.17) is 14.6 Å². The Balaban J connectivity index is 2.29. The summed E-state index contributed by atoms with van der Waals surface area (Å²) < 4.78 is 10.7. The summed E-state index contributed by atoms with van der Waals surface area (Å²) >= 11 is 0.